The van der Waals surface area contributed by atoms with Crippen molar-refractivity contribution in [3.8, 4) is 11.1 Å². The predicted molar refractivity (Wildman–Crippen MR) is 204 cm³/mol. The third kappa shape index (κ3) is 8.16. The molecule has 1 unspecified atom stereocenters. The van der Waals surface area contributed by atoms with Crippen LogP contribution in [-0.2, 0) is 41.5 Å². The van der Waals surface area contributed by atoms with Gasteiger partial charge >= 0.3 is 28.4 Å². The molecule has 0 saturated carbocycles. The van der Waals surface area contributed by atoms with Crippen LogP contribution in [0, 0.1) is 43.9 Å². The molecule has 1 atom stereocenters. The first kappa shape index (κ1) is 38.8. The number of hydrogen-bond acceptors (Lipinski definition) is 0. The molecular formula is C46H56Zr-4. The first-order valence-corrected chi connectivity index (χ1v) is 18.6. The molecule has 0 heterocycles. The average Bonchev–Trinajstić information content (AvgIpc) is 3.68. The molecule has 0 fully saturated rings. The van der Waals surface area contributed by atoms with Gasteiger partial charge in [0.2, 0.25) is 0 Å². The number of aryl methyl sites for hydroxylation is 1. The molecule has 3 aromatic carbocycles. The third-order valence-electron chi connectivity index (χ3n) is 9.62. The van der Waals surface area contributed by atoms with Crippen LogP contribution in [0.25, 0.3) is 22.3 Å². The normalized spacial score (nSPS) is 18.4. The van der Waals surface area contributed by atoms with E-state index in [4.69, 9.17) is 0 Å². The number of hydrogen-bond donors (Lipinski definition) is 0. The van der Waals surface area contributed by atoms with Crippen LogP contribution >= 0.6 is 0 Å². The van der Waals surface area contributed by atoms with Crippen LogP contribution in [0.3, 0.4) is 0 Å². The summed E-state index contributed by atoms with van der Waals surface area (Å²) in [6, 6.07) is 20.6. The minimum atomic E-state index is 0. The largest absolute Gasteiger partial charge is 0.358 e. The second-order valence-corrected chi connectivity index (χ2v) is 15.4. The number of rotatable bonds is 1. The van der Waals surface area contributed by atoms with Gasteiger partial charge in [-0.25, -0.2) is 11.1 Å². The van der Waals surface area contributed by atoms with Crippen LogP contribution in [0.15, 0.2) is 71.8 Å². The smallest absolute Gasteiger partial charge is 0.358 e. The van der Waals surface area contributed by atoms with Crippen molar-refractivity contribution < 1.29 is 24.2 Å². The van der Waals surface area contributed by atoms with Gasteiger partial charge in [0, 0.05) is 5.41 Å². The quantitative estimate of drug-likeness (QED) is 0.174. The summed E-state index contributed by atoms with van der Waals surface area (Å²) in [5.41, 5.74) is 19.1. The average molecular weight is 700 g/mol. The van der Waals surface area contributed by atoms with E-state index < -0.39 is 0 Å². The van der Waals surface area contributed by atoms with Crippen molar-refractivity contribution in [1.29, 1.82) is 0 Å². The first-order valence-electron chi connectivity index (χ1n) is 16.8. The predicted octanol–water partition coefficient (Wildman–Crippen LogP) is 12.4. The molecule has 0 amide bonds. The summed E-state index contributed by atoms with van der Waals surface area (Å²) < 4.78 is 3.34. The van der Waals surface area contributed by atoms with E-state index in [9.17, 15) is 0 Å². The Balaban J connectivity index is 0.000000228. The van der Waals surface area contributed by atoms with Gasteiger partial charge in [-0.2, -0.15) is 53.1 Å². The second-order valence-electron chi connectivity index (χ2n) is 15.4. The molecule has 3 aromatic rings. The minimum Gasteiger partial charge on any atom is -0.358 e. The molecular weight excluding hydrogens is 644 g/mol. The van der Waals surface area contributed by atoms with Gasteiger partial charge in [-0.05, 0) is 58.4 Å². The van der Waals surface area contributed by atoms with E-state index in [1.807, 2.05) is 24.3 Å². The maximum Gasteiger partial charge on any atom is -0.358 e. The van der Waals surface area contributed by atoms with Crippen LogP contribution in [0.5, 0.6) is 0 Å². The Morgan fingerprint density at radius 3 is 1.89 bits per heavy atom. The van der Waals surface area contributed by atoms with Crippen molar-refractivity contribution in [1.82, 2.24) is 0 Å². The zero-order valence-corrected chi connectivity index (χ0v) is 33.9. The fourth-order valence-corrected chi connectivity index (χ4v) is 7.49. The van der Waals surface area contributed by atoms with E-state index in [2.05, 4.69) is 142 Å². The molecule has 0 N–H and O–H groups in total. The fraction of sp³-hybridized carbons (Fsp3) is 0.391. The van der Waals surface area contributed by atoms with E-state index >= 15 is 0 Å². The van der Waals surface area contributed by atoms with Crippen LogP contribution in [0.1, 0.15) is 122 Å². The maximum atomic E-state index is 3.65. The van der Waals surface area contributed by atoms with Gasteiger partial charge in [-0.15, -0.1) is 11.6 Å². The van der Waals surface area contributed by atoms with Crippen LogP contribution in [0.2, 0.25) is 0 Å². The van der Waals surface area contributed by atoms with E-state index in [-0.39, 0.29) is 18.3 Å². The Morgan fingerprint density at radius 2 is 1.40 bits per heavy atom. The molecule has 47 heavy (non-hydrogen) atoms. The van der Waals surface area contributed by atoms with E-state index in [1.54, 1.807) is 0 Å². The van der Waals surface area contributed by atoms with E-state index in [1.165, 1.54) is 96.6 Å². The topological polar surface area (TPSA) is 0 Å². The molecule has 0 spiro atoms. The summed E-state index contributed by atoms with van der Waals surface area (Å²) >= 11 is 1.30. The summed E-state index contributed by atoms with van der Waals surface area (Å²) in [7, 11) is 0. The molecule has 0 radical (unpaired) electrons. The van der Waals surface area contributed by atoms with Crippen LogP contribution < -0.4 is 0 Å². The van der Waals surface area contributed by atoms with Crippen molar-refractivity contribution in [2.24, 2.45) is 11.3 Å². The molecule has 4 aliphatic carbocycles. The zero-order valence-electron chi connectivity index (χ0n) is 31.5. The molecule has 0 aromatic heterocycles. The SMILES string of the molecule is CC1=[C-]C(C)(C)c2cc3c(cc21)-c1cc2c(cc1C3)C(C)(C)C=C2C.CCC1=[C-]C(C)C=C1C(C)(C)C.Cc1cc[c-]cc1.[CH2]=[Zr].[CH3-]. The van der Waals surface area contributed by atoms with Crippen molar-refractivity contribution in [2.75, 3.05) is 0 Å². The number of fused-ring (bicyclic) bond motifs is 5. The molecule has 0 nitrogen and oxygen atoms in total. The Morgan fingerprint density at radius 1 is 0.851 bits per heavy atom. The molecule has 4 aliphatic rings. The number of allylic oxidation sites excluding steroid dienone is 8. The summed E-state index contributed by atoms with van der Waals surface area (Å²) in [4.78, 5) is 0. The second kappa shape index (κ2) is 14.9. The van der Waals surface area contributed by atoms with E-state index in [0.29, 0.717) is 11.3 Å². The van der Waals surface area contributed by atoms with Gasteiger partial charge < -0.3 is 7.43 Å². The Bertz CT molecular complexity index is 1640. The minimum absolute atomic E-state index is 0. The molecule has 0 aliphatic heterocycles. The van der Waals surface area contributed by atoms with Crippen LogP contribution in [-0.4, -0.2) is 4.21 Å². The molecule has 0 saturated heterocycles. The summed E-state index contributed by atoms with van der Waals surface area (Å²) in [6.07, 6.45) is 14.1. The Kier molecular flexibility index (Phi) is 12.3. The van der Waals surface area contributed by atoms with Crippen molar-refractivity contribution >= 4 is 15.4 Å². The molecule has 7 rings (SSSR count). The summed E-state index contributed by atoms with van der Waals surface area (Å²) in [5.74, 6) is 0.522. The van der Waals surface area contributed by atoms with Gasteiger partial charge in [0.1, 0.15) is 0 Å². The molecule has 248 valence electrons. The van der Waals surface area contributed by atoms with E-state index in [0.717, 1.165) is 12.8 Å². The Labute approximate surface area is 303 Å². The van der Waals surface area contributed by atoms with Gasteiger partial charge in [-0.3, -0.25) is 12.2 Å². The molecule has 0 bridgehead atoms. The van der Waals surface area contributed by atoms with Gasteiger partial charge in [0.15, 0.2) is 0 Å². The maximum absolute atomic E-state index is 3.65. The Hall–Kier alpha value is -2.63. The first-order chi connectivity index (χ1) is 21.5. The molecule has 1 heteroatoms. The number of benzene rings is 3. The summed E-state index contributed by atoms with van der Waals surface area (Å²) in [5, 5.41) is 0. The fourth-order valence-electron chi connectivity index (χ4n) is 7.49. The van der Waals surface area contributed by atoms with Crippen molar-refractivity contribution in [3.05, 3.63) is 136 Å². The summed E-state index contributed by atoms with van der Waals surface area (Å²) in [6.45, 7) is 27.0. The zero-order chi connectivity index (χ0) is 34.2. The van der Waals surface area contributed by atoms with Crippen molar-refractivity contribution in [3.63, 3.8) is 0 Å². The monoisotopic (exact) mass is 698 g/mol. The van der Waals surface area contributed by atoms with Gasteiger partial charge in [0.25, 0.3) is 0 Å². The third-order valence-corrected chi connectivity index (χ3v) is 9.62. The van der Waals surface area contributed by atoms with Crippen LogP contribution in [0.4, 0.5) is 0 Å². The standard InChI is InChI=1S/C25H25.C12H19.C7H7.CH3.CH2.Zr/c1-14-12-24(3,4)22-8-16-7-17-9-23-19(15(2)13-25(23,5)6)11-21(17)20(16)10-18(14)22;1-6-10-7-9(2)8-11(10)12(3,4)5;1-7-5-3-2-4-6-7;;;/h8-12H,7H2,1-6H3;8-9H,6H2,1-5H3;3-6H,1H3;1H3;1H2;/q4*-1;;. The van der Waals surface area contributed by atoms with Crippen molar-refractivity contribution in [2.45, 2.75) is 107 Å². The van der Waals surface area contributed by atoms with Gasteiger partial charge in [0.05, 0.1) is 0 Å². The van der Waals surface area contributed by atoms with Gasteiger partial charge in [-0.1, -0.05) is 118 Å².